The minimum absolute atomic E-state index is 0.250. The van der Waals surface area contributed by atoms with Gasteiger partial charge in [0.1, 0.15) is 0 Å². The number of aromatic nitrogens is 2. The minimum Gasteiger partial charge on any atom is -0.377 e. The third-order valence-electron chi connectivity index (χ3n) is 4.42. The molecule has 2 N–H and O–H groups in total. The number of ether oxygens (including phenoxy) is 1. The summed E-state index contributed by atoms with van der Waals surface area (Å²) in [7, 11) is 1.72. The number of hydrogen-bond acceptors (Lipinski definition) is 3. The summed E-state index contributed by atoms with van der Waals surface area (Å²) in [4.78, 5) is 4.74. The van der Waals surface area contributed by atoms with Gasteiger partial charge in [0, 0.05) is 31.5 Å². The number of methoxy groups -OCH3 is 1. The topological polar surface area (TPSA) is 63.5 Å². The first-order valence-electron chi connectivity index (χ1n) is 9.06. The van der Waals surface area contributed by atoms with Crippen LogP contribution in [0.15, 0.2) is 35.3 Å². The van der Waals surface area contributed by atoms with Crippen LogP contribution in [0.4, 0.5) is 0 Å². The number of rotatable bonds is 7. The van der Waals surface area contributed by atoms with Crippen molar-refractivity contribution < 1.29 is 4.74 Å². The zero-order valence-electron chi connectivity index (χ0n) is 16.8. The molecule has 6 heteroatoms. The highest BCUT2D eigenvalue weighted by Gasteiger charge is 2.17. The number of aryl methyl sites for hydroxylation is 1. The molecule has 26 heavy (non-hydrogen) atoms. The van der Waals surface area contributed by atoms with Crippen LogP contribution in [-0.2, 0) is 11.3 Å². The number of nitrogens with one attached hydrogen (secondary N) is 2. The first-order valence-corrected chi connectivity index (χ1v) is 9.06. The smallest absolute Gasteiger partial charge is 0.191 e. The standard InChI is InChI=1S/C20H31N5O/c1-7-21-19(23-14-20(4,5)26-6)22-13-18-15(2)24-25(16(18)3)17-11-9-8-10-12-17/h8-12H,7,13-14H2,1-6H3,(H2,21,22,23). The van der Waals surface area contributed by atoms with Crippen LogP contribution in [0.1, 0.15) is 37.7 Å². The maximum Gasteiger partial charge on any atom is 0.191 e. The molecule has 2 aromatic rings. The predicted molar refractivity (Wildman–Crippen MR) is 107 cm³/mol. The predicted octanol–water partition coefficient (Wildman–Crippen LogP) is 2.97. The van der Waals surface area contributed by atoms with E-state index in [1.165, 1.54) is 0 Å². The van der Waals surface area contributed by atoms with Crippen LogP contribution in [0.3, 0.4) is 0 Å². The average molecular weight is 358 g/mol. The van der Waals surface area contributed by atoms with Gasteiger partial charge in [0.05, 0.1) is 23.5 Å². The number of hydrogen-bond donors (Lipinski definition) is 2. The van der Waals surface area contributed by atoms with Gasteiger partial charge in [-0.15, -0.1) is 0 Å². The summed E-state index contributed by atoms with van der Waals surface area (Å²) in [5, 5.41) is 11.3. The fourth-order valence-electron chi connectivity index (χ4n) is 2.59. The van der Waals surface area contributed by atoms with Crippen molar-refractivity contribution in [2.75, 3.05) is 20.2 Å². The number of nitrogens with zero attached hydrogens (tertiary/aromatic N) is 3. The van der Waals surface area contributed by atoms with Crippen LogP contribution in [0.25, 0.3) is 5.69 Å². The van der Waals surface area contributed by atoms with Crippen molar-refractivity contribution in [3.8, 4) is 5.69 Å². The first kappa shape index (κ1) is 20.0. The Morgan fingerprint density at radius 1 is 1.19 bits per heavy atom. The Balaban J connectivity index is 2.17. The van der Waals surface area contributed by atoms with Crippen molar-refractivity contribution in [2.45, 2.75) is 46.8 Å². The maximum atomic E-state index is 5.46. The molecule has 0 unspecified atom stereocenters. The molecule has 142 valence electrons. The molecule has 1 aromatic carbocycles. The summed E-state index contributed by atoms with van der Waals surface area (Å²) in [6.07, 6.45) is 0. The van der Waals surface area contributed by atoms with Gasteiger partial charge in [-0.1, -0.05) is 18.2 Å². The second kappa shape index (κ2) is 8.85. The van der Waals surface area contributed by atoms with E-state index in [9.17, 15) is 0 Å². The van der Waals surface area contributed by atoms with Crippen LogP contribution < -0.4 is 10.6 Å². The maximum absolute atomic E-state index is 5.46. The van der Waals surface area contributed by atoms with Crippen LogP contribution >= 0.6 is 0 Å². The van der Waals surface area contributed by atoms with Crippen molar-refractivity contribution >= 4 is 5.96 Å². The summed E-state index contributed by atoms with van der Waals surface area (Å²) in [5.74, 6) is 0.781. The summed E-state index contributed by atoms with van der Waals surface area (Å²) < 4.78 is 7.44. The zero-order valence-corrected chi connectivity index (χ0v) is 16.8. The lowest BCUT2D eigenvalue weighted by atomic mass is 10.1. The van der Waals surface area contributed by atoms with E-state index in [1.807, 2.05) is 43.7 Å². The molecule has 0 bridgehead atoms. The Hall–Kier alpha value is -2.34. The van der Waals surface area contributed by atoms with E-state index in [0.29, 0.717) is 13.1 Å². The molecule has 0 amide bonds. The quantitative estimate of drug-likeness (QED) is 0.591. The molecule has 0 aliphatic rings. The normalized spacial score (nSPS) is 12.3. The largest absolute Gasteiger partial charge is 0.377 e. The highest BCUT2D eigenvalue weighted by molar-refractivity contribution is 5.79. The Morgan fingerprint density at radius 2 is 1.88 bits per heavy atom. The molecule has 0 saturated heterocycles. The number of benzene rings is 1. The fraction of sp³-hybridized carbons (Fsp3) is 0.500. The molecule has 0 radical (unpaired) electrons. The van der Waals surface area contributed by atoms with Crippen LogP contribution in [0.2, 0.25) is 0 Å². The first-order chi connectivity index (χ1) is 12.4. The second-order valence-electron chi connectivity index (χ2n) is 6.91. The van der Waals surface area contributed by atoms with Gasteiger partial charge in [-0.25, -0.2) is 9.67 Å². The van der Waals surface area contributed by atoms with E-state index >= 15 is 0 Å². The minimum atomic E-state index is -0.250. The van der Waals surface area contributed by atoms with Gasteiger partial charge in [-0.05, 0) is 46.8 Å². The highest BCUT2D eigenvalue weighted by Crippen LogP contribution is 2.18. The summed E-state index contributed by atoms with van der Waals surface area (Å²) >= 11 is 0. The number of guanidine groups is 1. The Morgan fingerprint density at radius 3 is 2.50 bits per heavy atom. The lowest BCUT2D eigenvalue weighted by Gasteiger charge is -2.24. The molecule has 2 rings (SSSR count). The monoisotopic (exact) mass is 357 g/mol. The third kappa shape index (κ3) is 5.08. The van der Waals surface area contributed by atoms with Crippen LogP contribution in [0, 0.1) is 13.8 Å². The SMILES string of the molecule is CCNC(=NCc1c(C)nn(-c2ccccc2)c1C)NCC(C)(C)OC. The summed E-state index contributed by atoms with van der Waals surface area (Å²) in [6, 6.07) is 10.2. The Bertz CT molecular complexity index is 734. The lowest BCUT2D eigenvalue weighted by Crippen LogP contribution is -2.45. The molecular weight excluding hydrogens is 326 g/mol. The molecule has 0 saturated carbocycles. The van der Waals surface area contributed by atoms with Crippen molar-refractivity contribution in [3.05, 3.63) is 47.3 Å². The number of para-hydroxylation sites is 1. The van der Waals surface area contributed by atoms with E-state index < -0.39 is 0 Å². The van der Waals surface area contributed by atoms with Crippen molar-refractivity contribution in [1.29, 1.82) is 0 Å². The van der Waals surface area contributed by atoms with E-state index in [-0.39, 0.29) is 5.60 Å². The molecule has 0 aliphatic carbocycles. The third-order valence-corrected chi connectivity index (χ3v) is 4.42. The van der Waals surface area contributed by atoms with Crippen molar-refractivity contribution in [3.63, 3.8) is 0 Å². The molecule has 1 heterocycles. The Labute approximate surface area is 156 Å². The fourth-order valence-corrected chi connectivity index (χ4v) is 2.59. The summed E-state index contributed by atoms with van der Waals surface area (Å²) in [5.41, 5.74) is 4.08. The van der Waals surface area contributed by atoms with E-state index in [4.69, 9.17) is 9.73 Å². The average Bonchev–Trinajstić information content (AvgIpc) is 2.92. The van der Waals surface area contributed by atoms with Gasteiger partial charge < -0.3 is 15.4 Å². The van der Waals surface area contributed by atoms with Gasteiger partial charge in [0.25, 0.3) is 0 Å². The van der Waals surface area contributed by atoms with Crippen LogP contribution in [0.5, 0.6) is 0 Å². The molecule has 0 aliphatic heterocycles. The van der Waals surface area contributed by atoms with Crippen molar-refractivity contribution in [1.82, 2.24) is 20.4 Å². The van der Waals surface area contributed by atoms with E-state index in [1.54, 1.807) is 7.11 Å². The second-order valence-corrected chi connectivity index (χ2v) is 6.91. The van der Waals surface area contributed by atoms with Gasteiger partial charge in [0.15, 0.2) is 5.96 Å². The summed E-state index contributed by atoms with van der Waals surface area (Å²) in [6.45, 7) is 12.3. The van der Waals surface area contributed by atoms with E-state index in [2.05, 4.69) is 41.7 Å². The molecule has 0 atom stereocenters. The van der Waals surface area contributed by atoms with Gasteiger partial charge in [0.2, 0.25) is 0 Å². The van der Waals surface area contributed by atoms with Gasteiger partial charge in [-0.3, -0.25) is 0 Å². The number of aliphatic imine (C=N–C) groups is 1. The molecular formula is C20H31N5O. The van der Waals surface area contributed by atoms with Gasteiger partial charge >= 0.3 is 0 Å². The van der Waals surface area contributed by atoms with Crippen LogP contribution in [-0.4, -0.2) is 41.5 Å². The molecule has 1 aromatic heterocycles. The Kier molecular flexibility index (Phi) is 6.80. The van der Waals surface area contributed by atoms with Crippen molar-refractivity contribution in [2.24, 2.45) is 4.99 Å². The zero-order chi connectivity index (χ0) is 19.2. The van der Waals surface area contributed by atoms with Gasteiger partial charge in [-0.2, -0.15) is 5.10 Å². The molecule has 0 spiro atoms. The van der Waals surface area contributed by atoms with E-state index in [0.717, 1.165) is 35.1 Å². The highest BCUT2D eigenvalue weighted by atomic mass is 16.5. The lowest BCUT2D eigenvalue weighted by molar-refractivity contribution is 0.0268. The molecule has 6 nitrogen and oxygen atoms in total. The molecule has 0 fully saturated rings.